The number of nitrogens with one attached hydrogen (secondary N) is 1. The second-order valence-electron chi connectivity index (χ2n) is 6.40. The summed E-state index contributed by atoms with van der Waals surface area (Å²) in [6, 6.07) is 6.16. The van der Waals surface area contributed by atoms with E-state index in [1.807, 2.05) is 26.0 Å². The molecule has 1 aliphatic rings. The first-order valence-corrected chi connectivity index (χ1v) is 9.55. The van der Waals surface area contributed by atoms with E-state index in [0.717, 1.165) is 28.7 Å². The van der Waals surface area contributed by atoms with E-state index in [2.05, 4.69) is 30.1 Å². The number of hydrogen-bond donors (Lipinski definition) is 1. The van der Waals surface area contributed by atoms with E-state index in [4.69, 9.17) is 12.2 Å². The molecular weight excluding hydrogens is 324 g/mol. The first kappa shape index (κ1) is 18.3. The lowest BCUT2D eigenvalue weighted by atomic mass is 9.98. The lowest BCUT2D eigenvalue weighted by Gasteiger charge is -2.22. The van der Waals surface area contributed by atoms with Crippen LogP contribution in [0.2, 0.25) is 0 Å². The Morgan fingerprint density at radius 3 is 2.52 bits per heavy atom. The number of thioether (sulfide) groups is 1. The van der Waals surface area contributed by atoms with Crippen molar-refractivity contribution in [2.24, 2.45) is 0 Å². The van der Waals surface area contributed by atoms with Crippen molar-refractivity contribution in [1.82, 2.24) is 4.90 Å². The van der Waals surface area contributed by atoms with Crippen LogP contribution in [-0.2, 0) is 4.79 Å². The summed E-state index contributed by atoms with van der Waals surface area (Å²) in [4.78, 5) is 14.8. The van der Waals surface area contributed by atoms with Crippen molar-refractivity contribution in [3.8, 4) is 0 Å². The minimum atomic E-state index is -0.192. The van der Waals surface area contributed by atoms with Gasteiger partial charge in [-0.05, 0) is 43.7 Å². The highest BCUT2D eigenvalue weighted by Gasteiger charge is 2.22. The summed E-state index contributed by atoms with van der Waals surface area (Å²) in [5, 5.41) is 2.93. The zero-order chi connectivity index (χ0) is 17.0. The molecular formula is C18H26N2OS2. The van der Waals surface area contributed by atoms with E-state index in [1.165, 1.54) is 30.2 Å². The van der Waals surface area contributed by atoms with Crippen molar-refractivity contribution in [3.05, 3.63) is 29.3 Å². The van der Waals surface area contributed by atoms with Crippen LogP contribution in [0.4, 0.5) is 5.69 Å². The zero-order valence-electron chi connectivity index (χ0n) is 14.4. The van der Waals surface area contributed by atoms with Crippen molar-refractivity contribution in [1.29, 1.82) is 0 Å². The summed E-state index contributed by atoms with van der Waals surface area (Å²) in [7, 11) is 0. The van der Waals surface area contributed by atoms with Crippen LogP contribution in [0.25, 0.3) is 0 Å². The maximum Gasteiger partial charge on any atom is 0.237 e. The maximum absolute atomic E-state index is 12.6. The molecule has 1 heterocycles. The molecule has 1 saturated heterocycles. The molecule has 0 spiro atoms. The summed E-state index contributed by atoms with van der Waals surface area (Å²) >= 11 is 6.97. The number of benzene rings is 1. The zero-order valence-corrected chi connectivity index (χ0v) is 16.0. The topological polar surface area (TPSA) is 32.3 Å². The number of para-hydroxylation sites is 1. The average Bonchev–Trinajstić information content (AvgIpc) is 3.03. The minimum Gasteiger partial charge on any atom is -0.358 e. The molecule has 1 unspecified atom stereocenters. The number of thiocarbonyl (C=S) groups is 1. The van der Waals surface area contributed by atoms with E-state index in [9.17, 15) is 4.79 Å². The molecule has 0 radical (unpaired) electrons. The van der Waals surface area contributed by atoms with E-state index in [1.54, 1.807) is 0 Å². The van der Waals surface area contributed by atoms with Gasteiger partial charge in [-0.1, -0.05) is 56.0 Å². The second kappa shape index (κ2) is 8.15. The molecule has 0 aliphatic carbocycles. The van der Waals surface area contributed by atoms with Crippen LogP contribution in [0, 0.1) is 6.92 Å². The molecule has 0 bridgehead atoms. The normalized spacial score (nSPS) is 15.8. The van der Waals surface area contributed by atoms with Crippen LogP contribution in [0.15, 0.2) is 18.2 Å². The Balaban J connectivity index is 2.02. The van der Waals surface area contributed by atoms with E-state index >= 15 is 0 Å². The van der Waals surface area contributed by atoms with Gasteiger partial charge in [0.15, 0.2) is 0 Å². The van der Waals surface area contributed by atoms with Crippen LogP contribution in [-0.4, -0.2) is 33.5 Å². The van der Waals surface area contributed by atoms with Gasteiger partial charge < -0.3 is 10.2 Å². The summed E-state index contributed by atoms with van der Waals surface area (Å²) < 4.78 is 0.846. The molecule has 3 nitrogen and oxygen atoms in total. The summed E-state index contributed by atoms with van der Waals surface area (Å²) in [5.74, 6) is 0.395. The van der Waals surface area contributed by atoms with Gasteiger partial charge in [-0.3, -0.25) is 4.79 Å². The molecule has 1 N–H and O–H groups in total. The largest absolute Gasteiger partial charge is 0.358 e. The third-order valence-corrected chi connectivity index (χ3v) is 5.76. The predicted molar refractivity (Wildman–Crippen MR) is 104 cm³/mol. The fraction of sp³-hybridized carbons (Fsp3) is 0.556. The highest BCUT2D eigenvalue weighted by atomic mass is 32.2. The number of nitrogens with zero attached hydrogens (tertiary/aromatic N) is 1. The predicted octanol–water partition coefficient (Wildman–Crippen LogP) is 4.56. The van der Waals surface area contributed by atoms with E-state index < -0.39 is 0 Å². The standard InChI is InChI=1S/C18H26N2OS2/c1-12(2)15-9-7-8-13(3)16(15)19-17(21)14(4)23-18(22)20-10-5-6-11-20/h7-9,12,14H,5-6,10-11H2,1-4H3,(H,19,21). The van der Waals surface area contributed by atoms with E-state index in [-0.39, 0.29) is 11.2 Å². The minimum absolute atomic E-state index is 0.0211. The highest BCUT2D eigenvalue weighted by Crippen LogP contribution is 2.28. The third kappa shape index (κ3) is 4.70. The molecule has 5 heteroatoms. The smallest absolute Gasteiger partial charge is 0.237 e. The number of anilines is 1. The molecule has 23 heavy (non-hydrogen) atoms. The lowest BCUT2D eigenvalue weighted by Crippen LogP contribution is -2.29. The Bertz CT molecular complexity index is 580. The van der Waals surface area contributed by atoms with Crippen molar-refractivity contribution < 1.29 is 4.79 Å². The van der Waals surface area contributed by atoms with Gasteiger partial charge in [-0.25, -0.2) is 0 Å². The third-order valence-electron chi connectivity index (χ3n) is 4.19. The highest BCUT2D eigenvalue weighted by molar-refractivity contribution is 8.23. The molecule has 1 atom stereocenters. The van der Waals surface area contributed by atoms with Gasteiger partial charge in [-0.15, -0.1) is 0 Å². The summed E-state index contributed by atoms with van der Waals surface area (Å²) in [5.41, 5.74) is 3.23. The molecule has 2 rings (SSSR count). The number of aryl methyl sites for hydroxylation is 1. The van der Waals surface area contributed by atoms with Crippen molar-refractivity contribution in [2.45, 2.75) is 51.7 Å². The Labute approximate surface area is 149 Å². The van der Waals surface area contributed by atoms with Gasteiger partial charge in [0.2, 0.25) is 5.91 Å². The van der Waals surface area contributed by atoms with Gasteiger partial charge in [-0.2, -0.15) is 0 Å². The summed E-state index contributed by atoms with van der Waals surface area (Å²) in [6.45, 7) is 10.3. The van der Waals surface area contributed by atoms with Crippen molar-refractivity contribution in [3.63, 3.8) is 0 Å². The molecule has 1 aliphatic heterocycles. The van der Waals surface area contributed by atoms with Gasteiger partial charge in [0.25, 0.3) is 0 Å². The first-order valence-electron chi connectivity index (χ1n) is 8.26. The number of amides is 1. The first-order chi connectivity index (χ1) is 10.9. The van der Waals surface area contributed by atoms with Crippen LogP contribution in [0.1, 0.15) is 50.7 Å². The number of carbonyl (C=O) groups is 1. The van der Waals surface area contributed by atoms with Gasteiger partial charge in [0, 0.05) is 18.8 Å². The van der Waals surface area contributed by atoms with Crippen LogP contribution in [0.5, 0.6) is 0 Å². The summed E-state index contributed by atoms with van der Waals surface area (Å²) in [6.07, 6.45) is 2.39. The number of carbonyl (C=O) groups excluding carboxylic acids is 1. The molecule has 126 valence electrons. The van der Waals surface area contributed by atoms with Gasteiger partial charge in [0.05, 0.1) is 5.25 Å². The fourth-order valence-corrected chi connectivity index (χ4v) is 4.16. The van der Waals surface area contributed by atoms with Crippen LogP contribution in [0.3, 0.4) is 0 Å². The maximum atomic E-state index is 12.6. The SMILES string of the molecule is Cc1cccc(C(C)C)c1NC(=O)C(C)SC(=S)N1CCCC1. The van der Waals surface area contributed by atoms with Crippen molar-refractivity contribution in [2.75, 3.05) is 18.4 Å². The lowest BCUT2D eigenvalue weighted by molar-refractivity contribution is -0.115. The number of rotatable bonds is 4. The van der Waals surface area contributed by atoms with Crippen molar-refractivity contribution >= 4 is 39.9 Å². The van der Waals surface area contributed by atoms with Gasteiger partial charge >= 0.3 is 0 Å². The Morgan fingerprint density at radius 1 is 1.26 bits per heavy atom. The number of hydrogen-bond acceptors (Lipinski definition) is 3. The molecule has 1 aromatic carbocycles. The molecule has 1 fully saturated rings. The Hall–Kier alpha value is -1.07. The van der Waals surface area contributed by atoms with Crippen LogP contribution < -0.4 is 5.32 Å². The molecule has 1 aromatic rings. The monoisotopic (exact) mass is 350 g/mol. The molecule has 0 saturated carbocycles. The molecule has 0 aromatic heterocycles. The van der Waals surface area contributed by atoms with Gasteiger partial charge in [0.1, 0.15) is 4.32 Å². The van der Waals surface area contributed by atoms with Crippen LogP contribution >= 0.6 is 24.0 Å². The Morgan fingerprint density at radius 2 is 1.91 bits per heavy atom. The second-order valence-corrected chi connectivity index (χ2v) is 8.38. The molecule has 1 amide bonds. The van der Waals surface area contributed by atoms with E-state index in [0.29, 0.717) is 5.92 Å². The average molecular weight is 351 g/mol. The number of likely N-dealkylation sites (tertiary alicyclic amines) is 1. The Kier molecular flexibility index (Phi) is 6.48. The quantitative estimate of drug-likeness (QED) is 0.807. The fourth-order valence-electron chi connectivity index (χ4n) is 2.75.